The standard InChI is InChI=1S/C19H23NO2/c1-2-18(16-11-7-4-8-12-16)19(22)20-14-17(21)13-15-9-5-3-6-10-15/h3-12,17-18,21H,2,13-14H2,1H3,(H,20,22)/t17-,18-/m1/s1. The summed E-state index contributed by atoms with van der Waals surface area (Å²) in [6.45, 7) is 2.27. The van der Waals surface area contributed by atoms with Gasteiger partial charge in [-0.05, 0) is 17.5 Å². The summed E-state index contributed by atoms with van der Waals surface area (Å²) in [4.78, 5) is 12.3. The molecule has 22 heavy (non-hydrogen) atoms. The summed E-state index contributed by atoms with van der Waals surface area (Å²) in [5, 5.41) is 12.9. The molecule has 0 aromatic heterocycles. The van der Waals surface area contributed by atoms with E-state index < -0.39 is 6.10 Å². The lowest BCUT2D eigenvalue weighted by atomic mass is 9.95. The van der Waals surface area contributed by atoms with Crippen molar-refractivity contribution in [1.29, 1.82) is 0 Å². The van der Waals surface area contributed by atoms with Gasteiger partial charge in [0.1, 0.15) is 0 Å². The van der Waals surface area contributed by atoms with Crippen molar-refractivity contribution in [3.05, 3.63) is 71.8 Å². The summed E-state index contributed by atoms with van der Waals surface area (Å²) in [5.41, 5.74) is 2.08. The van der Waals surface area contributed by atoms with Crippen molar-refractivity contribution in [2.75, 3.05) is 6.54 Å². The van der Waals surface area contributed by atoms with Gasteiger partial charge >= 0.3 is 0 Å². The summed E-state index contributed by atoms with van der Waals surface area (Å²) in [6, 6.07) is 19.6. The molecule has 0 aliphatic heterocycles. The largest absolute Gasteiger partial charge is 0.391 e. The third kappa shape index (κ3) is 4.71. The molecule has 0 saturated carbocycles. The molecule has 3 nitrogen and oxygen atoms in total. The van der Waals surface area contributed by atoms with Gasteiger partial charge in [-0.3, -0.25) is 4.79 Å². The highest BCUT2D eigenvalue weighted by Gasteiger charge is 2.18. The summed E-state index contributed by atoms with van der Waals surface area (Å²) in [7, 11) is 0. The Kier molecular flexibility index (Phi) is 6.16. The first kappa shape index (κ1) is 16.2. The highest BCUT2D eigenvalue weighted by atomic mass is 16.3. The lowest BCUT2D eigenvalue weighted by Gasteiger charge is -2.17. The van der Waals surface area contributed by atoms with E-state index in [0.717, 1.165) is 17.5 Å². The second kappa shape index (κ2) is 8.35. The molecule has 0 aliphatic carbocycles. The average molecular weight is 297 g/mol. The van der Waals surface area contributed by atoms with Gasteiger partial charge in [-0.2, -0.15) is 0 Å². The first-order chi connectivity index (χ1) is 10.7. The molecule has 0 fully saturated rings. The fourth-order valence-electron chi connectivity index (χ4n) is 2.56. The zero-order chi connectivity index (χ0) is 15.8. The van der Waals surface area contributed by atoms with Gasteiger partial charge in [0, 0.05) is 13.0 Å². The molecular weight excluding hydrogens is 274 g/mol. The molecule has 2 rings (SSSR count). The fourth-order valence-corrected chi connectivity index (χ4v) is 2.56. The van der Waals surface area contributed by atoms with E-state index in [4.69, 9.17) is 0 Å². The van der Waals surface area contributed by atoms with Crippen LogP contribution in [0.4, 0.5) is 0 Å². The van der Waals surface area contributed by atoms with Crippen LogP contribution in [0.15, 0.2) is 60.7 Å². The Morgan fingerprint density at radius 2 is 1.64 bits per heavy atom. The topological polar surface area (TPSA) is 49.3 Å². The molecule has 0 saturated heterocycles. The summed E-state index contributed by atoms with van der Waals surface area (Å²) >= 11 is 0. The quantitative estimate of drug-likeness (QED) is 0.825. The second-order valence-corrected chi connectivity index (χ2v) is 5.46. The van der Waals surface area contributed by atoms with Gasteiger partial charge in [0.15, 0.2) is 0 Å². The van der Waals surface area contributed by atoms with Crippen LogP contribution in [0.25, 0.3) is 0 Å². The SMILES string of the molecule is CC[C@@H](C(=O)NC[C@H](O)Cc1ccccc1)c1ccccc1. The van der Waals surface area contributed by atoms with Crippen molar-refractivity contribution in [1.82, 2.24) is 5.32 Å². The number of aliphatic hydroxyl groups is 1. The lowest BCUT2D eigenvalue weighted by molar-refractivity contribution is -0.123. The Bertz CT molecular complexity index is 569. The lowest BCUT2D eigenvalue weighted by Crippen LogP contribution is -2.36. The van der Waals surface area contributed by atoms with Gasteiger partial charge in [0.05, 0.1) is 12.0 Å². The predicted octanol–water partition coefficient (Wildman–Crippen LogP) is 2.90. The Balaban J connectivity index is 1.86. The predicted molar refractivity (Wildman–Crippen MR) is 88.6 cm³/mol. The zero-order valence-corrected chi connectivity index (χ0v) is 12.9. The van der Waals surface area contributed by atoms with Gasteiger partial charge in [-0.25, -0.2) is 0 Å². The Morgan fingerprint density at radius 1 is 1.05 bits per heavy atom. The molecule has 3 heteroatoms. The van der Waals surface area contributed by atoms with E-state index in [9.17, 15) is 9.90 Å². The molecule has 1 amide bonds. The molecule has 2 aromatic rings. The fraction of sp³-hybridized carbons (Fsp3) is 0.316. The van der Waals surface area contributed by atoms with Crippen LogP contribution in [0.3, 0.4) is 0 Å². The maximum Gasteiger partial charge on any atom is 0.227 e. The number of rotatable bonds is 7. The van der Waals surface area contributed by atoms with E-state index in [0.29, 0.717) is 6.42 Å². The third-order valence-electron chi connectivity index (χ3n) is 3.75. The molecule has 0 radical (unpaired) electrons. The number of aliphatic hydroxyl groups excluding tert-OH is 1. The zero-order valence-electron chi connectivity index (χ0n) is 12.9. The van der Waals surface area contributed by atoms with Crippen molar-refractivity contribution in [2.24, 2.45) is 0 Å². The first-order valence-electron chi connectivity index (χ1n) is 7.75. The van der Waals surface area contributed by atoms with Crippen LogP contribution in [-0.4, -0.2) is 23.7 Å². The number of amides is 1. The minimum Gasteiger partial charge on any atom is -0.391 e. The molecule has 2 N–H and O–H groups in total. The number of carbonyl (C=O) groups excluding carboxylic acids is 1. The molecule has 0 unspecified atom stereocenters. The normalized spacial score (nSPS) is 13.4. The van der Waals surface area contributed by atoms with Crippen molar-refractivity contribution in [3.63, 3.8) is 0 Å². The van der Waals surface area contributed by atoms with E-state index >= 15 is 0 Å². The van der Waals surface area contributed by atoms with Crippen LogP contribution in [-0.2, 0) is 11.2 Å². The van der Waals surface area contributed by atoms with Gasteiger partial charge in [-0.1, -0.05) is 67.6 Å². The van der Waals surface area contributed by atoms with Crippen LogP contribution in [0.5, 0.6) is 0 Å². The van der Waals surface area contributed by atoms with E-state index in [2.05, 4.69) is 5.32 Å². The first-order valence-corrected chi connectivity index (χ1v) is 7.75. The molecule has 0 heterocycles. The second-order valence-electron chi connectivity index (χ2n) is 5.46. The van der Waals surface area contributed by atoms with Crippen molar-refractivity contribution >= 4 is 5.91 Å². The van der Waals surface area contributed by atoms with Gasteiger partial charge in [-0.15, -0.1) is 0 Å². The molecule has 0 aliphatic rings. The van der Waals surface area contributed by atoms with Crippen LogP contribution in [0.1, 0.15) is 30.4 Å². The summed E-state index contributed by atoms with van der Waals surface area (Å²) in [6.07, 6.45) is 0.716. The highest BCUT2D eigenvalue weighted by molar-refractivity contribution is 5.83. The van der Waals surface area contributed by atoms with E-state index in [1.165, 1.54) is 0 Å². The third-order valence-corrected chi connectivity index (χ3v) is 3.75. The van der Waals surface area contributed by atoms with Crippen LogP contribution in [0, 0.1) is 0 Å². The minimum atomic E-state index is -0.570. The summed E-state index contributed by atoms with van der Waals surface area (Å²) in [5.74, 6) is -0.189. The molecule has 2 atom stereocenters. The number of hydrogen-bond donors (Lipinski definition) is 2. The molecule has 2 aromatic carbocycles. The van der Waals surface area contributed by atoms with E-state index in [1.54, 1.807) is 0 Å². The average Bonchev–Trinajstić information content (AvgIpc) is 2.55. The van der Waals surface area contributed by atoms with Crippen LogP contribution >= 0.6 is 0 Å². The highest BCUT2D eigenvalue weighted by Crippen LogP contribution is 2.19. The molecule has 0 spiro atoms. The van der Waals surface area contributed by atoms with Crippen molar-refractivity contribution in [3.8, 4) is 0 Å². The Hall–Kier alpha value is -2.13. The Labute approximate surface area is 132 Å². The molecule has 0 bridgehead atoms. The van der Waals surface area contributed by atoms with E-state index in [1.807, 2.05) is 67.6 Å². The minimum absolute atomic E-state index is 0.0270. The maximum absolute atomic E-state index is 12.3. The van der Waals surface area contributed by atoms with E-state index in [-0.39, 0.29) is 18.4 Å². The number of carbonyl (C=O) groups is 1. The maximum atomic E-state index is 12.3. The summed E-state index contributed by atoms with van der Waals surface area (Å²) < 4.78 is 0. The smallest absolute Gasteiger partial charge is 0.227 e. The molecule has 116 valence electrons. The number of hydrogen-bond acceptors (Lipinski definition) is 2. The van der Waals surface area contributed by atoms with Gasteiger partial charge in [0.25, 0.3) is 0 Å². The van der Waals surface area contributed by atoms with Gasteiger partial charge in [0.2, 0.25) is 5.91 Å². The number of benzene rings is 2. The van der Waals surface area contributed by atoms with Crippen LogP contribution in [0.2, 0.25) is 0 Å². The van der Waals surface area contributed by atoms with Gasteiger partial charge < -0.3 is 10.4 Å². The van der Waals surface area contributed by atoms with Crippen molar-refractivity contribution in [2.45, 2.75) is 31.8 Å². The molecular formula is C19H23NO2. The van der Waals surface area contributed by atoms with Crippen molar-refractivity contribution < 1.29 is 9.90 Å². The number of nitrogens with one attached hydrogen (secondary N) is 1. The Morgan fingerprint density at radius 3 is 2.23 bits per heavy atom. The monoisotopic (exact) mass is 297 g/mol. The van der Waals surface area contributed by atoms with Crippen LogP contribution < -0.4 is 5.32 Å².